The Labute approximate surface area is 93.4 Å². The molecule has 0 saturated carbocycles. The molecule has 0 aromatic heterocycles. The standard InChI is InChI=1S/C10H7BrF2O2/c11-8-4-5-3-6(15-10(12)13)1-2-7(5)9(8)14/h1-3,8,10H,4H2/t8-/m1/s1. The number of alkyl halides is 3. The fraction of sp³-hybridized carbons (Fsp3) is 0.300. The van der Waals surface area contributed by atoms with Crippen LogP contribution < -0.4 is 4.74 Å². The Hall–Kier alpha value is -0.970. The van der Waals surface area contributed by atoms with Crippen LogP contribution in [-0.4, -0.2) is 17.2 Å². The van der Waals surface area contributed by atoms with Crippen molar-refractivity contribution in [2.45, 2.75) is 17.9 Å². The van der Waals surface area contributed by atoms with Crippen molar-refractivity contribution < 1.29 is 18.3 Å². The van der Waals surface area contributed by atoms with Crippen LogP contribution in [0.4, 0.5) is 8.78 Å². The minimum absolute atomic E-state index is 0.00593. The molecule has 0 amide bonds. The van der Waals surface area contributed by atoms with Gasteiger partial charge in [-0.25, -0.2) is 0 Å². The molecule has 1 aromatic carbocycles. The lowest BCUT2D eigenvalue weighted by Crippen LogP contribution is -2.05. The number of carbonyl (C=O) groups excluding carboxylic acids is 1. The van der Waals surface area contributed by atoms with E-state index in [1.54, 1.807) is 0 Å². The monoisotopic (exact) mass is 276 g/mol. The number of fused-ring (bicyclic) bond motifs is 1. The molecule has 0 bridgehead atoms. The van der Waals surface area contributed by atoms with E-state index in [2.05, 4.69) is 20.7 Å². The second-order valence-corrected chi connectivity index (χ2v) is 4.34. The van der Waals surface area contributed by atoms with Gasteiger partial charge in [0.25, 0.3) is 0 Å². The Morgan fingerprint density at radius 1 is 1.47 bits per heavy atom. The van der Waals surface area contributed by atoms with Crippen LogP contribution in [0, 0.1) is 0 Å². The van der Waals surface area contributed by atoms with E-state index in [0.29, 0.717) is 12.0 Å². The molecule has 1 aromatic rings. The highest BCUT2D eigenvalue weighted by molar-refractivity contribution is 9.10. The number of hydrogen-bond acceptors (Lipinski definition) is 2. The fourth-order valence-corrected chi connectivity index (χ4v) is 2.21. The van der Waals surface area contributed by atoms with Crippen molar-refractivity contribution in [3.8, 4) is 5.75 Å². The molecule has 0 spiro atoms. The molecule has 0 unspecified atom stereocenters. The number of hydrogen-bond donors (Lipinski definition) is 0. The molecular formula is C10H7BrF2O2. The maximum atomic E-state index is 11.9. The molecule has 2 rings (SSSR count). The summed E-state index contributed by atoms with van der Waals surface area (Å²) < 4.78 is 28.1. The van der Waals surface area contributed by atoms with Gasteiger partial charge in [0, 0.05) is 5.56 Å². The Morgan fingerprint density at radius 3 is 2.87 bits per heavy atom. The summed E-state index contributed by atoms with van der Waals surface area (Å²) in [5.74, 6) is 0.0896. The first-order valence-electron chi connectivity index (χ1n) is 4.34. The third-order valence-electron chi connectivity index (χ3n) is 2.25. The van der Waals surface area contributed by atoms with E-state index in [9.17, 15) is 13.6 Å². The normalized spacial score (nSPS) is 19.5. The molecule has 80 valence electrons. The highest BCUT2D eigenvalue weighted by Gasteiger charge is 2.28. The predicted octanol–water partition coefficient (Wildman–Crippen LogP) is 2.79. The summed E-state index contributed by atoms with van der Waals surface area (Å²) in [5, 5.41) is 0. The first-order chi connectivity index (χ1) is 7.08. The number of benzene rings is 1. The van der Waals surface area contributed by atoms with Crippen molar-refractivity contribution in [1.82, 2.24) is 0 Å². The van der Waals surface area contributed by atoms with Gasteiger partial charge in [0.15, 0.2) is 5.78 Å². The maximum absolute atomic E-state index is 11.9. The summed E-state index contributed by atoms with van der Waals surface area (Å²) in [6.45, 7) is -2.83. The zero-order chi connectivity index (χ0) is 11.0. The van der Waals surface area contributed by atoms with E-state index in [1.807, 2.05) is 0 Å². The maximum Gasteiger partial charge on any atom is 0.387 e. The van der Waals surface area contributed by atoms with E-state index in [1.165, 1.54) is 18.2 Å². The summed E-state index contributed by atoms with van der Waals surface area (Å²) in [7, 11) is 0. The summed E-state index contributed by atoms with van der Waals surface area (Å²) in [6.07, 6.45) is 0.522. The van der Waals surface area contributed by atoms with Gasteiger partial charge >= 0.3 is 6.61 Å². The van der Waals surface area contributed by atoms with Crippen LogP contribution in [0.3, 0.4) is 0 Å². The van der Waals surface area contributed by atoms with Gasteiger partial charge in [-0.3, -0.25) is 4.79 Å². The Bertz CT molecular complexity index is 406. The van der Waals surface area contributed by atoms with Gasteiger partial charge < -0.3 is 4.74 Å². The molecule has 0 radical (unpaired) electrons. The molecule has 15 heavy (non-hydrogen) atoms. The van der Waals surface area contributed by atoms with Crippen LogP contribution in [0.15, 0.2) is 18.2 Å². The van der Waals surface area contributed by atoms with E-state index in [4.69, 9.17) is 0 Å². The summed E-state index contributed by atoms with van der Waals surface area (Å²) in [4.78, 5) is 11.3. The van der Waals surface area contributed by atoms with Crippen LogP contribution in [0.1, 0.15) is 15.9 Å². The largest absolute Gasteiger partial charge is 0.435 e. The Balaban J connectivity index is 2.29. The molecular weight excluding hydrogens is 270 g/mol. The molecule has 2 nitrogen and oxygen atoms in total. The number of rotatable bonds is 2. The highest BCUT2D eigenvalue weighted by atomic mass is 79.9. The number of ketones is 1. The van der Waals surface area contributed by atoms with Gasteiger partial charge in [0.1, 0.15) is 5.75 Å². The van der Waals surface area contributed by atoms with E-state index in [-0.39, 0.29) is 16.4 Å². The van der Waals surface area contributed by atoms with Crippen molar-refractivity contribution in [2.75, 3.05) is 0 Å². The van der Waals surface area contributed by atoms with Crippen LogP contribution >= 0.6 is 15.9 Å². The lowest BCUT2D eigenvalue weighted by Gasteiger charge is -2.05. The number of ether oxygens (including phenoxy) is 1. The van der Waals surface area contributed by atoms with Gasteiger partial charge in [-0.1, -0.05) is 15.9 Å². The van der Waals surface area contributed by atoms with E-state index < -0.39 is 6.61 Å². The van der Waals surface area contributed by atoms with Gasteiger partial charge in [0.2, 0.25) is 0 Å². The molecule has 0 aliphatic heterocycles. The van der Waals surface area contributed by atoms with Crippen LogP contribution in [0.25, 0.3) is 0 Å². The second kappa shape index (κ2) is 3.89. The highest BCUT2D eigenvalue weighted by Crippen LogP contribution is 2.30. The molecule has 1 aliphatic rings. The zero-order valence-electron chi connectivity index (χ0n) is 7.54. The Morgan fingerprint density at radius 2 is 2.20 bits per heavy atom. The minimum Gasteiger partial charge on any atom is -0.435 e. The smallest absolute Gasteiger partial charge is 0.387 e. The Kier molecular flexibility index (Phi) is 2.73. The van der Waals surface area contributed by atoms with E-state index >= 15 is 0 Å². The average molecular weight is 277 g/mol. The third kappa shape index (κ3) is 2.02. The van der Waals surface area contributed by atoms with Gasteiger partial charge in [-0.05, 0) is 30.2 Å². The lowest BCUT2D eigenvalue weighted by atomic mass is 10.1. The number of halogens is 3. The van der Waals surface area contributed by atoms with Gasteiger partial charge in [-0.2, -0.15) is 8.78 Å². The average Bonchev–Trinajstić information content (AvgIpc) is 2.41. The van der Waals surface area contributed by atoms with Crippen LogP contribution in [0.5, 0.6) is 5.75 Å². The quantitative estimate of drug-likeness (QED) is 0.777. The topological polar surface area (TPSA) is 26.3 Å². The molecule has 1 aliphatic carbocycles. The van der Waals surface area contributed by atoms with Crippen molar-refractivity contribution in [1.29, 1.82) is 0 Å². The third-order valence-corrected chi connectivity index (χ3v) is 2.99. The summed E-state index contributed by atoms with van der Waals surface area (Å²) in [6, 6.07) is 4.39. The molecule has 1 atom stereocenters. The molecule has 0 fully saturated rings. The van der Waals surface area contributed by atoms with Gasteiger partial charge in [-0.15, -0.1) is 0 Å². The van der Waals surface area contributed by atoms with Gasteiger partial charge in [0.05, 0.1) is 4.83 Å². The molecule has 0 N–H and O–H groups in total. The first-order valence-corrected chi connectivity index (χ1v) is 5.25. The van der Waals surface area contributed by atoms with Crippen LogP contribution in [-0.2, 0) is 6.42 Å². The summed E-state index contributed by atoms with van der Waals surface area (Å²) in [5.41, 5.74) is 1.33. The van der Waals surface area contributed by atoms with Crippen molar-refractivity contribution in [2.24, 2.45) is 0 Å². The second-order valence-electron chi connectivity index (χ2n) is 3.23. The lowest BCUT2D eigenvalue weighted by molar-refractivity contribution is -0.0498. The SMILES string of the molecule is O=C1c2ccc(OC(F)F)cc2C[C@H]1Br. The molecule has 5 heteroatoms. The number of Topliss-reactive ketones (excluding diaryl/α,β-unsaturated/α-hetero) is 1. The predicted molar refractivity (Wildman–Crippen MR) is 53.8 cm³/mol. The van der Waals surface area contributed by atoms with Crippen molar-refractivity contribution in [3.63, 3.8) is 0 Å². The molecule has 0 heterocycles. The molecule has 0 saturated heterocycles. The van der Waals surface area contributed by atoms with Crippen LogP contribution in [0.2, 0.25) is 0 Å². The van der Waals surface area contributed by atoms with Crippen molar-refractivity contribution in [3.05, 3.63) is 29.3 Å². The van der Waals surface area contributed by atoms with E-state index in [0.717, 1.165) is 5.56 Å². The fourth-order valence-electron chi connectivity index (χ4n) is 1.61. The number of carbonyl (C=O) groups is 1. The van der Waals surface area contributed by atoms with Crippen molar-refractivity contribution >= 4 is 21.7 Å². The summed E-state index contributed by atoms with van der Waals surface area (Å²) >= 11 is 3.22. The zero-order valence-corrected chi connectivity index (χ0v) is 9.13. The first kappa shape index (κ1) is 10.5. The minimum atomic E-state index is -2.83.